The molecular weight excluding hydrogens is 208 g/mol. The molecule has 0 aliphatic carbocycles. The van der Waals surface area contributed by atoms with Crippen LogP contribution in [0, 0.1) is 0 Å². The van der Waals surface area contributed by atoms with Gasteiger partial charge in [0.25, 0.3) is 0 Å². The molecule has 0 aromatic heterocycles. The Balaban J connectivity index is 0.000000921. The third kappa shape index (κ3) is 4.58. The van der Waals surface area contributed by atoms with E-state index in [1.165, 1.54) is 0 Å². The molecular formula is C12H20O2S. The molecule has 1 N–H and O–H groups in total. The van der Waals surface area contributed by atoms with Crippen molar-refractivity contribution in [2.75, 3.05) is 6.26 Å². The minimum atomic E-state index is -0.985. The maximum absolute atomic E-state index is 11.2. The molecule has 0 spiro atoms. The van der Waals surface area contributed by atoms with Crippen molar-refractivity contribution in [3.05, 3.63) is 29.8 Å². The smallest absolute Gasteiger partial charge is 0.0840 e. The molecule has 0 saturated carbocycles. The molecule has 0 fully saturated rings. The summed E-state index contributed by atoms with van der Waals surface area (Å²) >= 11 is 0. The van der Waals surface area contributed by atoms with E-state index in [-0.39, 0.29) is 0 Å². The number of benzene rings is 1. The van der Waals surface area contributed by atoms with Gasteiger partial charge in [0.15, 0.2) is 0 Å². The van der Waals surface area contributed by atoms with Crippen molar-refractivity contribution in [1.29, 1.82) is 0 Å². The van der Waals surface area contributed by atoms with Crippen LogP contribution in [0.3, 0.4) is 0 Å². The van der Waals surface area contributed by atoms with Crippen LogP contribution in [0.5, 0.6) is 0 Å². The summed E-state index contributed by atoms with van der Waals surface area (Å²) in [7, 11) is -0.985. The van der Waals surface area contributed by atoms with Crippen LogP contribution < -0.4 is 0 Å². The van der Waals surface area contributed by atoms with Gasteiger partial charge in [-0.2, -0.15) is 0 Å². The minimum Gasteiger partial charge on any atom is -0.386 e. The first-order valence-electron chi connectivity index (χ1n) is 5.07. The van der Waals surface area contributed by atoms with Crippen LogP contribution in [0.1, 0.15) is 33.3 Å². The second kappa shape index (κ2) is 6.03. The largest absolute Gasteiger partial charge is 0.386 e. The number of aliphatic hydroxyl groups is 1. The summed E-state index contributed by atoms with van der Waals surface area (Å²) in [5, 5.41) is 9.70. The Hall–Kier alpha value is -0.670. The lowest BCUT2D eigenvalue weighted by atomic mass is 9.99. The average Bonchev–Trinajstić information content (AvgIpc) is 2.20. The van der Waals surface area contributed by atoms with E-state index < -0.39 is 16.4 Å². The molecule has 86 valence electrons. The van der Waals surface area contributed by atoms with Crippen LogP contribution in [-0.4, -0.2) is 15.6 Å². The lowest BCUT2D eigenvalue weighted by Gasteiger charge is -2.17. The van der Waals surface area contributed by atoms with E-state index in [2.05, 4.69) is 0 Å². The predicted molar refractivity (Wildman–Crippen MR) is 65.4 cm³/mol. The topological polar surface area (TPSA) is 37.3 Å². The Morgan fingerprint density at radius 2 is 1.80 bits per heavy atom. The van der Waals surface area contributed by atoms with E-state index >= 15 is 0 Å². The minimum absolute atomic E-state index is 0.750. The van der Waals surface area contributed by atoms with Crippen LogP contribution in [0.15, 0.2) is 29.2 Å². The standard InChI is InChI=1S/C10H14O2S.C2H6/c1-10(2,11)8-5-4-6-9(7-8)13(3)12;1-2/h4-7,11H,1-3H3;1-2H3. The molecule has 0 aliphatic heterocycles. The molecule has 1 rings (SSSR count). The van der Waals surface area contributed by atoms with Crippen molar-refractivity contribution in [3.63, 3.8) is 0 Å². The fourth-order valence-electron chi connectivity index (χ4n) is 1.06. The first kappa shape index (κ1) is 14.3. The van der Waals surface area contributed by atoms with Gasteiger partial charge >= 0.3 is 0 Å². The third-order valence-electron chi connectivity index (χ3n) is 1.87. The monoisotopic (exact) mass is 228 g/mol. The van der Waals surface area contributed by atoms with Crippen LogP contribution >= 0.6 is 0 Å². The molecule has 0 amide bonds. The molecule has 0 radical (unpaired) electrons. The normalized spacial score (nSPS) is 12.7. The van der Waals surface area contributed by atoms with Crippen molar-refractivity contribution in [2.45, 2.75) is 38.2 Å². The highest BCUT2D eigenvalue weighted by atomic mass is 32.2. The van der Waals surface area contributed by atoms with E-state index in [4.69, 9.17) is 0 Å². The van der Waals surface area contributed by atoms with Crippen LogP contribution in [0.4, 0.5) is 0 Å². The zero-order valence-electron chi connectivity index (χ0n) is 10.1. The Bertz CT molecular complexity index is 327. The molecule has 2 nitrogen and oxygen atoms in total. The fraction of sp³-hybridized carbons (Fsp3) is 0.500. The van der Waals surface area contributed by atoms with Gasteiger partial charge in [-0.05, 0) is 31.5 Å². The van der Waals surface area contributed by atoms with Gasteiger partial charge in [-0.3, -0.25) is 4.21 Å². The van der Waals surface area contributed by atoms with Gasteiger partial charge in [-0.25, -0.2) is 0 Å². The third-order valence-corrected chi connectivity index (χ3v) is 2.79. The highest BCUT2D eigenvalue weighted by molar-refractivity contribution is 7.84. The number of hydrogen-bond donors (Lipinski definition) is 1. The fourth-order valence-corrected chi connectivity index (χ4v) is 1.62. The van der Waals surface area contributed by atoms with E-state index in [0.717, 1.165) is 10.5 Å². The summed E-state index contributed by atoms with van der Waals surface area (Å²) in [6, 6.07) is 7.21. The van der Waals surface area contributed by atoms with E-state index in [1.54, 1.807) is 32.2 Å². The molecule has 1 aromatic rings. The SMILES string of the molecule is CC.CS(=O)c1cccc(C(C)(C)O)c1. The van der Waals surface area contributed by atoms with Crippen LogP contribution in [-0.2, 0) is 16.4 Å². The lowest BCUT2D eigenvalue weighted by Crippen LogP contribution is -2.15. The summed E-state index contributed by atoms with van der Waals surface area (Å²) in [4.78, 5) is 0.750. The Morgan fingerprint density at radius 1 is 1.27 bits per heavy atom. The van der Waals surface area contributed by atoms with Gasteiger partial charge in [0.2, 0.25) is 0 Å². The highest BCUT2D eigenvalue weighted by Crippen LogP contribution is 2.21. The lowest BCUT2D eigenvalue weighted by molar-refractivity contribution is 0.0784. The summed E-state index contributed by atoms with van der Waals surface area (Å²) in [5.74, 6) is 0. The first-order chi connectivity index (χ1) is 6.91. The van der Waals surface area contributed by atoms with Crippen molar-refractivity contribution in [3.8, 4) is 0 Å². The van der Waals surface area contributed by atoms with Crippen LogP contribution in [0.25, 0.3) is 0 Å². The Kier molecular flexibility index (Phi) is 5.76. The summed E-state index contributed by atoms with van der Waals surface area (Å²) in [5.41, 5.74) is -0.0738. The zero-order valence-corrected chi connectivity index (χ0v) is 10.9. The van der Waals surface area contributed by atoms with Gasteiger partial charge in [-0.1, -0.05) is 26.0 Å². The molecule has 3 heteroatoms. The zero-order chi connectivity index (χ0) is 12.1. The summed E-state index contributed by atoms with van der Waals surface area (Å²) < 4.78 is 11.2. The molecule has 1 atom stereocenters. The molecule has 0 heterocycles. The number of hydrogen-bond acceptors (Lipinski definition) is 2. The van der Waals surface area contributed by atoms with E-state index in [0.29, 0.717) is 0 Å². The van der Waals surface area contributed by atoms with Crippen molar-refractivity contribution in [1.82, 2.24) is 0 Å². The number of rotatable bonds is 2. The maximum Gasteiger partial charge on any atom is 0.0840 e. The summed E-state index contributed by atoms with van der Waals surface area (Å²) in [6.07, 6.45) is 1.63. The van der Waals surface area contributed by atoms with Gasteiger partial charge in [-0.15, -0.1) is 0 Å². The van der Waals surface area contributed by atoms with Gasteiger partial charge in [0.05, 0.1) is 5.60 Å². The van der Waals surface area contributed by atoms with Crippen molar-refractivity contribution >= 4 is 10.8 Å². The molecule has 1 unspecified atom stereocenters. The summed E-state index contributed by atoms with van der Waals surface area (Å²) in [6.45, 7) is 7.43. The first-order valence-corrected chi connectivity index (χ1v) is 6.63. The second-order valence-corrected chi connectivity index (χ2v) is 4.92. The molecule has 15 heavy (non-hydrogen) atoms. The average molecular weight is 228 g/mol. The molecule has 0 bridgehead atoms. The maximum atomic E-state index is 11.2. The van der Waals surface area contributed by atoms with Crippen LogP contribution in [0.2, 0.25) is 0 Å². The van der Waals surface area contributed by atoms with E-state index in [1.807, 2.05) is 26.0 Å². The van der Waals surface area contributed by atoms with Crippen molar-refractivity contribution < 1.29 is 9.32 Å². The molecule has 0 aliphatic rings. The van der Waals surface area contributed by atoms with Crippen molar-refractivity contribution in [2.24, 2.45) is 0 Å². The predicted octanol–water partition coefficient (Wildman–Crippen LogP) is 2.68. The second-order valence-electron chi connectivity index (χ2n) is 3.54. The quantitative estimate of drug-likeness (QED) is 0.845. The molecule has 1 aromatic carbocycles. The van der Waals surface area contributed by atoms with E-state index in [9.17, 15) is 9.32 Å². The molecule has 0 saturated heterocycles. The van der Waals surface area contributed by atoms with Gasteiger partial charge < -0.3 is 5.11 Å². The Labute approximate surface area is 94.8 Å². The van der Waals surface area contributed by atoms with Gasteiger partial charge in [0.1, 0.15) is 0 Å². The Morgan fingerprint density at radius 3 is 2.20 bits per heavy atom. The van der Waals surface area contributed by atoms with Gasteiger partial charge in [0, 0.05) is 22.0 Å². The highest BCUT2D eigenvalue weighted by Gasteiger charge is 2.16.